The van der Waals surface area contributed by atoms with E-state index in [0.29, 0.717) is 5.88 Å². The maximum atomic E-state index is 5.99. The number of nitrogens with two attached hydrogens (primary N) is 1. The molecule has 0 spiro atoms. The quantitative estimate of drug-likeness (QED) is 0.782. The first-order valence-corrected chi connectivity index (χ1v) is 5.03. The number of ether oxygens (including phenoxy) is 1. The standard InChI is InChI=1S/C11H18N2O/c1-3-4-5-10(12)9-6-7-11(14-2)13-8-9/h6-8,10H,3-5,12H2,1-2H3/t10-/m0/s1. The molecule has 0 aliphatic carbocycles. The van der Waals surface area contributed by atoms with Crippen molar-refractivity contribution in [2.45, 2.75) is 32.2 Å². The molecule has 0 saturated carbocycles. The predicted molar refractivity (Wildman–Crippen MR) is 57.2 cm³/mol. The van der Waals surface area contributed by atoms with Gasteiger partial charge in [0.25, 0.3) is 0 Å². The molecule has 1 rings (SSSR count). The van der Waals surface area contributed by atoms with Gasteiger partial charge < -0.3 is 10.5 Å². The van der Waals surface area contributed by atoms with Crippen LogP contribution in [0, 0.1) is 0 Å². The molecule has 0 bridgehead atoms. The van der Waals surface area contributed by atoms with E-state index in [-0.39, 0.29) is 6.04 Å². The fraction of sp³-hybridized carbons (Fsp3) is 0.545. The van der Waals surface area contributed by atoms with Crippen LogP contribution in [0.4, 0.5) is 0 Å². The summed E-state index contributed by atoms with van der Waals surface area (Å²) < 4.78 is 4.98. The van der Waals surface area contributed by atoms with Crippen LogP contribution < -0.4 is 10.5 Å². The van der Waals surface area contributed by atoms with Gasteiger partial charge in [-0.2, -0.15) is 0 Å². The van der Waals surface area contributed by atoms with Gasteiger partial charge in [-0.25, -0.2) is 4.98 Å². The zero-order chi connectivity index (χ0) is 10.4. The normalized spacial score (nSPS) is 12.5. The summed E-state index contributed by atoms with van der Waals surface area (Å²) in [7, 11) is 1.61. The molecule has 14 heavy (non-hydrogen) atoms. The molecule has 0 saturated heterocycles. The van der Waals surface area contributed by atoms with Crippen LogP contribution in [0.3, 0.4) is 0 Å². The monoisotopic (exact) mass is 194 g/mol. The highest BCUT2D eigenvalue weighted by Gasteiger charge is 2.05. The lowest BCUT2D eigenvalue weighted by atomic mass is 10.0. The minimum absolute atomic E-state index is 0.105. The molecular weight excluding hydrogens is 176 g/mol. The maximum absolute atomic E-state index is 5.99. The van der Waals surface area contributed by atoms with Gasteiger partial charge in [0.05, 0.1) is 7.11 Å². The zero-order valence-electron chi connectivity index (χ0n) is 8.86. The summed E-state index contributed by atoms with van der Waals surface area (Å²) in [6.07, 6.45) is 5.15. The predicted octanol–water partition coefficient (Wildman–Crippen LogP) is 2.28. The third kappa shape index (κ3) is 3.00. The molecule has 3 heteroatoms. The van der Waals surface area contributed by atoms with Crippen molar-refractivity contribution >= 4 is 0 Å². The summed E-state index contributed by atoms with van der Waals surface area (Å²) in [6.45, 7) is 2.17. The van der Waals surface area contributed by atoms with Gasteiger partial charge in [-0.1, -0.05) is 25.8 Å². The Bertz CT molecular complexity index is 258. The van der Waals surface area contributed by atoms with Crippen molar-refractivity contribution in [2.24, 2.45) is 5.73 Å². The summed E-state index contributed by atoms with van der Waals surface area (Å²) in [5.41, 5.74) is 7.07. The van der Waals surface area contributed by atoms with E-state index in [1.165, 1.54) is 6.42 Å². The molecular formula is C11H18N2O. The molecule has 3 nitrogen and oxygen atoms in total. The minimum atomic E-state index is 0.105. The lowest BCUT2D eigenvalue weighted by Crippen LogP contribution is -2.10. The Balaban J connectivity index is 2.57. The molecule has 0 radical (unpaired) electrons. The van der Waals surface area contributed by atoms with Crippen molar-refractivity contribution in [2.75, 3.05) is 7.11 Å². The van der Waals surface area contributed by atoms with E-state index < -0.39 is 0 Å². The molecule has 0 aliphatic heterocycles. The number of aromatic nitrogens is 1. The summed E-state index contributed by atoms with van der Waals surface area (Å²) in [5.74, 6) is 0.636. The van der Waals surface area contributed by atoms with Crippen molar-refractivity contribution in [3.05, 3.63) is 23.9 Å². The van der Waals surface area contributed by atoms with Gasteiger partial charge >= 0.3 is 0 Å². The number of nitrogens with zero attached hydrogens (tertiary/aromatic N) is 1. The van der Waals surface area contributed by atoms with Crippen LogP contribution in [0.5, 0.6) is 5.88 Å². The van der Waals surface area contributed by atoms with Crippen molar-refractivity contribution in [1.29, 1.82) is 0 Å². The molecule has 1 atom stereocenters. The Hall–Kier alpha value is -1.09. The van der Waals surface area contributed by atoms with Crippen LogP contribution in [-0.2, 0) is 0 Å². The second kappa shape index (κ2) is 5.60. The summed E-state index contributed by atoms with van der Waals surface area (Å²) >= 11 is 0. The average Bonchev–Trinajstić information content (AvgIpc) is 2.26. The lowest BCUT2D eigenvalue weighted by molar-refractivity contribution is 0.397. The first kappa shape index (κ1) is 11.0. The van der Waals surface area contributed by atoms with Crippen molar-refractivity contribution in [3.8, 4) is 5.88 Å². The molecule has 1 heterocycles. The van der Waals surface area contributed by atoms with E-state index in [1.807, 2.05) is 12.1 Å². The van der Waals surface area contributed by atoms with E-state index in [1.54, 1.807) is 13.3 Å². The second-order valence-electron chi connectivity index (χ2n) is 3.38. The summed E-state index contributed by atoms with van der Waals surface area (Å²) in [6, 6.07) is 3.93. The SMILES string of the molecule is CCCC[C@H](N)c1ccc(OC)nc1. The Morgan fingerprint density at radius 3 is 2.79 bits per heavy atom. The molecule has 0 fully saturated rings. The Morgan fingerprint density at radius 1 is 1.50 bits per heavy atom. The van der Waals surface area contributed by atoms with Crippen LogP contribution in [0.15, 0.2) is 18.3 Å². The van der Waals surface area contributed by atoms with Crippen LogP contribution in [-0.4, -0.2) is 12.1 Å². The topological polar surface area (TPSA) is 48.1 Å². The van der Waals surface area contributed by atoms with Crippen molar-refractivity contribution < 1.29 is 4.74 Å². The third-order valence-electron chi connectivity index (χ3n) is 2.27. The van der Waals surface area contributed by atoms with Crippen LogP contribution in [0.2, 0.25) is 0 Å². The van der Waals surface area contributed by atoms with Gasteiger partial charge in [0.1, 0.15) is 0 Å². The van der Waals surface area contributed by atoms with E-state index in [4.69, 9.17) is 10.5 Å². The average molecular weight is 194 g/mol. The molecule has 1 aromatic heterocycles. The molecule has 78 valence electrons. The van der Waals surface area contributed by atoms with E-state index >= 15 is 0 Å². The van der Waals surface area contributed by atoms with Gasteiger partial charge in [-0.3, -0.25) is 0 Å². The molecule has 0 amide bonds. The van der Waals surface area contributed by atoms with Crippen LogP contribution >= 0.6 is 0 Å². The fourth-order valence-electron chi connectivity index (χ4n) is 1.32. The van der Waals surface area contributed by atoms with Gasteiger partial charge in [-0.05, 0) is 12.0 Å². The lowest BCUT2D eigenvalue weighted by Gasteiger charge is -2.10. The number of rotatable bonds is 5. The highest BCUT2D eigenvalue weighted by molar-refractivity contribution is 5.20. The summed E-state index contributed by atoms with van der Waals surface area (Å²) in [5, 5.41) is 0. The van der Waals surface area contributed by atoms with Crippen molar-refractivity contribution in [3.63, 3.8) is 0 Å². The number of methoxy groups -OCH3 is 1. The number of hydrogen-bond acceptors (Lipinski definition) is 3. The molecule has 0 unspecified atom stereocenters. The molecule has 1 aromatic rings. The summed E-state index contributed by atoms with van der Waals surface area (Å²) in [4.78, 5) is 4.12. The maximum Gasteiger partial charge on any atom is 0.212 e. The number of unbranched alkanes of at least 4 members (excludes halogenated alkanes) is 1. The van der Waals surface area contributed by atoms with Crippen LogP contribution in [0.1, 0.15) is 37.8 Å². The fourth-order valence-corrected chi connectivity index (χ4v) is 1.32. The first-order chi connectivity index (χ1) is 6.77. The Kier molecular flexibility index (Phi) is 4.40. The van der Waals surface area contributed by atoms with Gasteiger partial charge in [0.2, 0.25) is 5.88 Å². The van der Waals surface area contributed by atoms with Crippen molar-refractivity contribution in [1.82, 2.24) is 4.98 Å². The highest BCUT2D eigenvalue weighted by atomic mass is 16.5. The largest absolute Gasteiger partial charge is 0.481 e. The third-order valence-corrected chi connectivity index (χ3v) is 2.27. The number of pyridine rings is 1. The molecule has 0 aromatic carbocycles. The second-order valence-corrected chi connectivity index (χ2v) is 3.38. The van der Waals surface area contributed by atoms with E-state index in [9.17, 15) is 0 Å². The van der Waals surface area contributed by atoms with Crippen LogP contribution in [0.25, 0.3) is 0 Å². The van der Waals surface area contributed by atoms with E-state index in [0.717, 1.165) is 18.4 Å². The zero-order valence-corrected chi connectivity index (χ0v) is 8.86. The Labute approximate surface area is 85.3 Å². The Morgan fingerprint density at radius 2 is 2.29 bits per heavy atom. The molecule has 0 aliphatic rings. The highest BCUT2D eigenvalue weighted by Crippen LogP contribution is 2.17. The van der Waals surface area contributed by atoms with E-state index in [2.05, 4.69) is 11.9 Å². The number of hydrogen-bond donors (Lipinski definition) is 1. The van der Waals surface area contributed by atoms with Gasteiger partial charge in [0, 0.05) is 18.3 Å². The first-order valence-electron chi connectivity index (χ1n) is 5.03. The minimum Gasteiger partial charge on any atom is -0.481 e. The smallest absolute Gasteiger partial charge is 0.212 e. The molecule has 2 N–H and O–H groups in total. The van der Waals surface area contributed by atoms with Gasteiger partial charge in [0.15, 0.2) is 0 Å². The van der Waals surface area contributed by atoms with Gasteiger partial charge in [-0.15, -0.1) is 0 Å².